The number of nitrogens with zero attached hydrogens (tertiary/aromatic N) is 1. The van der Waals surface area contributed by atoms with Crippen LogP contribution in [0.3, 0.4) is 0 Å². The Kier molecular flexibility index (Phi) is 12.0. The molecule has 0 fully saturated rings. The van der Waals surface area contributed by atoms with E-state index in [9.17, 15) is 0 Å². The minimum Gasteiger partial charge on any atom is -0.382 e. The highest BCUT2D eigenvalue weighted by molar-refractivity contribution is 14.0. The quantitative estimate of drug-likeness (QED) is 0.242. The summed E-state index contributed by atoms with van der Waals surface area (Å²) in [7, 11) is 3.47. The largest absolute Gasteiger partial charge is 0.382 e. The zero-order chi connectivity index (χ0) is 17.7. The Hall–Kier alpha value is -1.38. The second kappa shape index (κ2) is 13.8. The molecule has 144 valence electrons. The van der Waals surface area contributed by atoms with E-state index >= 15 is 0 Å². The maximum atomic E-state index is 5.44. The summed E-state index contributed by atoms with van der Waals surface area (Å²) in [5, 5.41) is 9.23. The molecule has 6 heteroatoms. The highest BCUT2D eigenvalue weighted by Crippen LogP contribution is 2.15. The molecule has 0 aliphatic heterocycles. The van der Waals surface area contributed by atoms with E-state index in [4.69, 9.17) is 9.47 Å². The molecule has 0 saturated carbocycles. The summed E-state index contributed by atoms with van der Waals surface area (Å²) in [6.45, 7) is 3.70. The van der Waals surface area contributed by atoms with Gasteiger partial charge in [0.15, 0.2) is 5.96 Å². The average molecular weight is 471 g/mol. The molecule has 0 atom stereocenters. The first-order valence-electron chi connectivity index (χ1n) is 8.82. The summed E-state index contributed by atoms with van der Waals surface area (Å²) in [5.41, 5.74) is 1.33. The molecule has 0 heterocycles. The number of guanidine groups is 1. The molecule has 0 aromatic heterocycles. The molecular formula is C20H30IN3O2. The molecule has 0 bridgehead atoms. The van der Waals surface area contributed by atoms with Crippen LogP contribution in [0.4, 0.5) is 0 Å². The van der Waals surface area contributed by atoms with Crippen LogP contribution in [0.5, 0.6) is 0 Å². The highest BCUT2D eigenvalue weighted by Gasteiger charge is 1.99. The Morgan fingerprint density at radius 3 is 2.50 bits per heavy atom. The van der Waals surface area contributed by atoms with Gasteiger partial charge in [-0.1, -0.05) is 42.5 Å². The van der Waals surface area contributed by atoms with Crippen molar-refractivity contribution in [3.05, 3.63) is 48.0 Å². The summed E-state index contributed by atoms with van der Waals surface area (Å²) < 4.78 is 10.4. The third-order valence-corrected chi connectivity index (χ3v) is 3.93. The predicted molar refractivity (Wildman–Crippen MR) is 120 cm³/mol. The van der Waals surface area contributed by atoms with Crippen molar-refractivity contribution < 1.29 is 9.47 Å². The zero-order valence-corrected chi connectivity index (χ0v) is 18.0. The highest BCUT2D eigenvalue weighted by atomic mass is 127. The van der Waals surface area contributed by atoms with Crippen molar-refractivity contribution in [2.75, 3.05) is 47.1 Å². The summed E-state index contributed by atoms with van der Waals surface area (Å²) in [5.74, 6) is 0.831. The molecule has 2 rings (SSSR count). The second-order valence-corrected chi connectivity index (χ2v) is 5.82. The third-order valence-electron chi connectivity index (χ3n) is 3.93. The van der Waals surface area contributed by atoms with Gasteiger partial charge in [0.25, 0.3) is 0 Å². The Morgan fingerprint density at radius 2 is 1.73 bits per heavy atom. The summed E-state index contributed by atoms with van der Waals surface area (Å²) >= 11 is 0. The Labute approximate surface area is 173 Å². The zero-order valence-electron chi connectivity index (χ0n) is 15.7. The van der Waals surface area contributed by atoms with Crippen LogP contribution in [0.25, 0.3) is 10.8 Å². The fraction of sp³-hybridized carbons (Fsp3) is 0.450. The SMILES string of the molecule is CN=C(NCCCOCCOC)NCCc1ccc2ccccc2c1.I. The second-order valence-electron chi connectivity index (χ2n) is 5.82. The number of benzene rings is 2. The lowest BCUT2D eigenvalue weighted by molar-refractivity contribution is 0.0698. The lowest BCUT2D eigenvalue weighted by atomic mass is 10.1. The van der Waals surface area contributed by atoms with Gasteiger partial charge < -0.3 is 20.1 Å². The van der Waals surface area contributed by atoms with Crippen molar-refractivity contribution in [1.82, 2.24) is 10.6 Å². The Balaban J connectivity index is 0.00000338. The summed E-state index contributed by atoms with van der Waals surface area (Å²) in [6, 6.07) is 15.1. The smallest absolute Gasteiger partial charge is 0.190 e. The van der Waals surface area contributed by atoms with Crippen LogP contribution in [0.2, 0.25) is 0 Å². The lowest BCUT2D eigenvalue weighted by Crippen LogP contribution is -2.39. The molecule has 0 radical (unpaired) electrons. The predicted octanol–water partition coefficient (Wildman–Crippen LogP) is 3.22. The fourth-order valence-electron chi connectivity index (χ4n) is 2.57. The molecule has 0 aliphatic rings. The van der Waals surface area contributed by atoms with E-state index in [0.29, 0.717) is 13.2 Å². The van der Waals surface area contributed by atoms with Gasteiger partial charge >= 0.3 is 0 Å². The number of hydrogen-bond acceptors (Lipinski definition) is 3. The van der Waals surface area contributed by atoms with Gasteiger partial charge in [0.05, 0.1) is 13.2 Å². The summed E-state index contributed by atoms with van der Waals surface area (Å²) in [6.07, 6.45) is 1.90. The maximum Gasteiger partial charge on any atom is 0.190 e. The van der Waals surface area contributed by atoms with E-state index < -0.39 is 0 Å². The maximum absolute atomic E-state index is 5.44. The van der Waals surface area contributed by atoms with Gasteiger partial charge in [-0.15, -0.1) is 24.0 Å². The van der Waals surface area contributed by atoms with Crippen LogP contribution < -0.4 is 10.6 Å². The van der Waals surface area contributed by atoms with Gasteiger partial charge in [-0.2, -0.15) is 0 Å². The van der Waals surface area contributed by atoms with Crippen LogP contribution in [0.1, 0.15) is 12.0 Å². The number of fused-ring (bicyclic) bond motifs is 1. The molecule has 0 saturated heterocycles. The van der Waals surface area contributed by atoms with E-state index in [1.54, 1.807) is 14.2 Å². The van der Waals surface area contributed by atoms with E-state index in [-0.39, 0.29) is 24.0 Å². The van der Waals surface area contributed by atoms with Gasteiger partial charge in [0.2, 0.25) is 0 Å². The lowest BCUT2D eigenvalue weighted by Gasteiger charge is -2.12. The van der Waals surface area contributed by atoms with E-state index in [1.165, 1.54) is 16.3 Å². The van der Waals surface area contributed by atoms with Crippen LogP contribution >= 0.6 is 24.0 Å². The molecular weight excluding hydrogens is 441 g/mol. The Bertz CT molecular complexity index is 664. The standard InChI is InChI=1S/C20H29N3O2.HI/c1-21-20(22-11-5-13-25-15-14-24-2)23-12-10-17-8-9-18-6-3-4-7-19(18)16-17;/h3-4,6-9,16H,5,10-15H2,1-2H3,(H2,21,22,23);1H. The van der Waals surface area contributed by atoms with Crippen LogP contribution in [0, 0.1) is 0 Å². The summed E-state index contributed by atoms with van der Waals surface area (Å²) in [4.78, 5) is 4.25. The molecule has 2 aromatic rings. The van der Waals surface area contributed by atoms with E-state index in [2.05, 4.69) is 58.1 Å². The molecule has 5 nitrogen and oxygen atoms in total. The first-order chi connectivity index (χ1) is 12.3. The van der Waals surface area contributed by atoms with Crippen molar-refractivity contribution >= 4 is 40.7 Å². The minimum absolute atomic E-state index is 0. The van der Waals surface area contributed by atoms with E-state index in [0.717, 1.165) is 38.5 Å². The van der Waals surface area contributed by atoms with Gasteiger partial charge in [-0.05, 0) is 29.2 Å². The molecule has 0 aliphatic carbocycles. The van der Waals surface area contributed by atoms with Gasteiger partial charge in [0, 0.05) is 33.9 Å². The van der Waals surface area contributed by atoms with Crippen LogP contribution in [-0.2, 0) is 15.9 Å². The van der Waals surface area contributed by atoms with Gasteiger partial charge in [0.1, 0.15) is 0 Å². The van der Waals surface area contributed by atoms with Crippen molar-refractivity contribution in [2.45, 2.75) is 12.8 Å². The van der Waals surface area contributed by atoms with Crippen molar-refractivity contribution in [1.29, 1.82) is 0 Å². The average Bonchev–Trinajstić information content (AvgIpc) is 2.65. The number of rotatable bonds is 10. The van der Waals surface area contributed by atoms with Crippen LogP contribution in [0.15, 0.2) is 47.5 Å². The number of halogens is 1. The third kappa shape index (κ3) is 8.33. The first-order valence-corrected chi connectivity index (χ1v) is 8.82. The minimum atomic E-state index is 0. The fourth-order valence-corrected chi connectivity index (χ4v) is 2.57. The molecule has 2 aromatic carbocycles. The Morgan fingerprint density at radius 1 is 0.962 bits per heavy atom. The van der Waals surface area contributed by atoms with Crippen LogP contribution in [-0.4, -0.2) is 53.0 Å². The molecule has 26 heavy (non-hydrogen) atoms. The number of nitrogens with one attached hydrogen (secondary N) is 2. The molecule has 0 spiro atoms. The topological polar surface area (TPSA) is 54.9 Å². The molecule has 0 amide bonds. The van der Waals surface area contributed by atoms with E-state index in [1.807, 2.05) is 0 Å². The van der Waals surface area contributed by atoms with Gasteiger partial charge in [-0.25, -0.2) is 0 Å². The number of methoxy groups -OCH3 is 1. The number of aliphatic imine (C=N–C) groups is 1. The monoisotopic (exact) mass is 471 g/mol. The molecule has 2 N–H and O–H groups in total. The number of hydrogen-bond donors (Lipinski definition) is 2. The van der Waals surface area contributed by atoms with Crippen molar-refractivity contribution in [3.8, 4) is 0 Å². The number of ether oxygens (including phenoxy) is 2. The van der Waals surface area contributed by atoms with Crippen molar-refractivity contribution in [3.63, 3.8) is 0 Å². The molecule has 0 unspecified atom stereocenters. The first kappa shape index (κ1) is 22.7. The normalized spacial score (nSPS) is 11.2. The van der Waals surface area contributed by atoms with Crippen molar-refractivity contribution in [2.24, 2.45) is 4.99 Å². The van der Waals surface area contributed by atoms with Gasteiger partial charge in [-0.3, -0.25) is 4.99 Å².